The molecule has 0 spiro atoms. The first kappa shape index (κ1) is 17.4. The number of benzene rings is 1. The van der Waals surface area contributed by atoms with Gasteiger partial charge >= 0.3 is 5.97 Å². The third-order valence-electron chi connectivity index (χ3n) is 3.82. The van der Waals surface area contributed by atoms with Crippen molar-refractivity contribution in [3.63, 3.8) is 0 Å². The summed E-state index contributed by atoms with van der Waals surface area (Å²) >= 11 is 6.18. The van der Waals surface area contributed by atoms with Crippen molar-refractivity contribution in [1.82, 2.24) is 9.97 Å². The van der Waals surface area contributed by atoms with E-state index in [1.165, 1.54) is 7.11 Å². The van der Waals surface area contributed by atoms with E-state index in [4.69, 9.17) is 21.1 Å². The van der Waals surface area contributed by atoms with Gasteiger partial charge in [0.2, 0.25) is 5.95 Å². The van der Waals surface area contributed by atoms with Gasteiger partial charge in [-0.15, -0.1) is 0 Å². The molecule has 1 aromatic carbocycles. The van der Waals surface area contributed by atoms with Crippen LogP contribution in [0.2, 0.25) is 5.02 Å². The highest BCUT2D eigenvalue weighted by atomic mass is 35.5. The van der Waals surface area contributed by atoms with E-state index in [-0.39, 0.29) is 6.10 Å². The average molecular weight is 363 g/mol. The molecule has 0 aliphatic carbocycles. The minimum atomic E-state index is -0.437. The van der Waals surface area contributed by atoms with E-state index >= 15 is 0 Å². The quantitative estimate of drug-likeness (QED) is 0.763. The van der Waals surface area contributed by atoms with Gasteiger partial charge < -0.3 is 20.1 Å². The summed E-state index contributed by atoms with van der Waals surface area (Å²) in [6.45, 7) is 1.52. The highest BCUT2D eigenvalue weighted by Crippen LogP contribution is 2.26. The Balaban J connectivity index is 1.70. The summed E-state index contributed by atoms with van der Waals surface area (Å²) in [4.78, 5) is 20.2. The molecule has 0 radical (unpaired) electrons. The lowest BCUT2D eigenvalue weighted by Gasteiger charge is -2.12. The summed E-state index contributed by atoms with van der Waals surface area (Å²) in [7, 11) is 1.33. The molecule has 1 aliphatic heterocycles. The van der Waals surface area contributed by atoms with E-state index in [9.17, 15) is 4.79 Å². The molecule has 2 N–H and O–H groups in total. The smallest absolute Gasteiger partial charge is 0.337 e. The predicted octanol–water partition coefficient (Wildman–Crippen LogP) is 3.25. The number of hydrogen-bond donors (Lipinski definition) is 2. The number of carbonyl (C=O) groups excluding carboxylic acids is 1. The lowest BCUT2D eigenvalue weighted by atomic mass is 10.2. The first-order valence-electron chi connectivity index (χ1n) is 7.99. The van der Waals surface area contributed by atoms with E-state index < -0.39 is 5.97 Å². The van der Waals surface area contributed by atoms with Crippen molar-refractivity contribution in [3.8, 4) is 0 Å². The Kier molecular flexibility index (Phi) is 5.67. The van der Waals surface area contributed by atoms with Crippen LogP contribution in [0.1, 0.15) is 23.2 Å². The van der Waals surface area contributed by atoms with Crippen LogP contribution >= 0.6 is 11.6 Å². The second-order valence-corrected chi connectivity index (χ2v) is 6.00. The Hall–Kier alpha value is -2.38. The molecule has 132 valence electrons. The fourth-order valence-electron chi connectivity index (χ4n) is 2.53. The van der Waals surface area contributed by atoms with E-state index in [0.29, 0.717) is 34.6 Å². The van der Waals surface area contributed by atoms with Gasteiger partial charge in [0.25, 0.3) is 0 Å². The van der Waals surface area contributed by atoms with E-state index in [1.54, 1.807) is 30.5 Å². The number of halogens is 1. The Morgan fingerprint density at radius 3 is 3.08 bits per heavy atom. The van der Waals surface area contributed by atoms with Crippen LogP contribution in [0.5, 0.6) is 0 Å². The summed E-state index contributed by atoms with van der Waals surface area (Å²) < 4.78 is 10.3. The number of rotatable bonds is 6. The molecule has 2 heterocycles. The molecule has 7 nitrogen and oxygen atoms in total. The third kappa shape index (κ3) is 4.58. The minimum absolute atomic E-state index is 0.220. The predicted molar refractivity (Wildman–Crippen MR) is 95.6 cm³/mol. The highest BCUT2D eigenvalue weighted by molar-refractivity contribution is 6.33. The van der Waals surface area contributed by atoms with Gasteiger partial charge in [-0.3, -0.25) is 0 Å². The van der Waals surface area contributed by atoms with Crippen molar-refractivity contribution in [2.75, 3.05) is 30.9 Å². The number of nitrogens with zero attached hydrogens (tertiary/aromatic N) is 2. The zero-order chi connectivity index (χ0) is 17.6. The molecule has 1 atom stereocenters. The van der Waals surface area contributed by atoms with E-state index in [1.807, 2.05) is 0 Å². The van der Waals surface area contributed by atoms with Crippen LogP contribution in [0, 0.1) is 0 Å². The van der Waals surface area contributed by atoms with Crippen molar-refractivity contribution >= 4 is 35.0 Å². The molecule has 8 heteroatoms. The first-order chi connectivity index (χ1) is 12.2. The fourth-order valence-corrected chi connectivity index (χ4v) is 2.69. The third-order valence-corrected chi connectivity index (χ3v) is 4.15. The van der Waals surface area contributed by atoms with Gasteiger partial charge in [0, 0.05) is 19.3 Å². The number of esters is 1. The summed E-state index contributed by atoms with van der Waals surface area (Å²) in [6.07, 6.45) is 4.01. The molecular formula is C17H19ClN4O3. The number of hydrogen-bond acceptors (Lipinski definition) is 7. The Labute approximate surface area is 150 Å². The number of anilines is 3. The molecule has 0 bridgehead atoms. The van der Waals surface area contributed by atoms with E-state index in [0.717, 1.165) is 19.4 Å². The highest BCUT2D eigenvalue weighted by Gasteiger charge is 2.15. The zero-order valence-corrected chi connectivity index (χ0v) is 14.5. The SMILES string of the molecule is COC(=O)c1ccc(Cl)c(Nc2nccc(NCC3CCCO3)n2)c1. The van der Waals surface area contributed by atoms with Crippen LogP contribution in [0.15, 0.2) is 30.5 Å². The fraction of sp³-hybridized carbons (Fsp3) is 0.353. The number of methoxy groups -OCH3 is 1. The molecule has 0 amide bonds. The maximum Gasteiger partial charge on any atom is 0.337 e. The van der Waals surface area contributed by atoms with Gasteiger partial charge in [-0.25, -0.2) is 9.78 Å². The van der Waals surface area contributed by atoms with E-state index in [2.05, 4.69) is 20.6 Å². The second kappa shape index (κ2) is 8.13. The molecule has 1 aliphatic rings. The summed E-state index contributed by atoms with van der Waals surface area (Å²) in [5.74, 6) is 0.627. The average Bonchev–Trinajstić information content (AvgIpc) is 3.15. The number of aromatic nitrogens is 2. The number of nitrogens with one attached hydrogen (secondary N) is 2. The molecule has 1 aromatic heterocycles. The van der Waals surface area contributed by atoms with Gasteiger partial charge in [0.15, 0.2) is 0 Å². The van der Waals surface area contributed by atoms with Crippen LogP contribution in [0.4, 0.5) is 17.5 Å². The summed E-state index contributed by atoms with van der Waals surface area (Å²) in [6, 6.07) is 6.60. The monoisotopic (exact) mass is 362 g/mol. The largest absolute Gasteiger partial charge is 0.465 e. The Morgan fingerprint density at radius 1 is 1.44 bits per heavy atom. The molecule has 3 rings (SSSR count). The zero-order valence-electron chi connectivity index (χ0n) is 13.8. The number of ether oxygens (including phenoxy) is 2. The van der Waals surface area contributed by atoms with Crippen LogP contribution < -0.4 is 10.6 Å². The van der Waals surface area contributed by atoms with Gasteiger partial charge in [-0.1, -0.05) is 11.6 Å². The van der Waals surface area contributed by atoms with Crippen molar-refractivity contribution in [3.05, 3.63) is 41.0 Å². The van der Waals surface area contributed by atoms with Gasteiger partial charge in [0.05, 0.1) is 29.5 Å². The molecule has 1 saturated heterocycles. The van der Waals surface area contributed by atoms with Crippen molar-refractivity contribution in [2.45, 2.75) is 18.9 Å². The standard InChI is InChI=1S/C17H19ClN4O3/c1-24-16(23)11-4-5-13(18)14(9-11)21-17-19-7-6-15(22-17)20-10-12-3-2-8-25-12/h4-7,9,12H,2-3,8,10H2,1H3,(H2,19,20,21,22). The summed E-state index contributed by atoms with van der Waals surface area (Å²) in [5.41, 5.74) is 0.919. The minimum Gasteiger partial charge on any atom is -0.465 e. The molecule has 25 heavy (non-hydrogen) atoms. The lowest BCUT2D eigenvalue weighted by Crippen LogP contribution is -2.19. The molecule has 1 unspecified atom stereocenters. The van der Waals surface area contributed by atoms with Gasteiger partial charge in [-0.05, 0) is 37.1 Å². The van der Waals surface area contributed by atoms with Gasteiger partial charge in [-0.2, -0.15) is 4.98 Å². The molecular weight excluding hydrogens is 344 g/mol. The normalized spacial score (nSPS) is 16.5. The Bertz CT molecular complexity index is 750. The second-order valence-electron chi connectivity index (χ2n) is 5.59. The topological polar surface area (TPSA) is 85.4 Å². The van der Waals surface area contributed by atoms with Crippen molar-refractivity contribution in [2.24, 2.45) is 0 Å². The van der Waals surface area contributed by atoms with Crippen LogP contribution in [-0.2, 0) is 9.47 Å². The van der Waals surface area contributed by atoms with Crippen molar-refractivity contribution in [1.29, 1.82) is 0 Å². The Morgan fingerprint density at radius 2 is 2.32 bits per heavy atom. The van der Waals surface area contributed by atoms with Crippen LogP contribution in [0.3, 0.4) is 0 Å². The maximum atomic E-state index is 11.6. The van der Waals surface area contributed by atoms with Gasteiger partial charge in [0.1, 0.15) is 5.82 Å². The first-order valence-corrected chi connectivity index (χ1v) is 8.37. The summed E-state index contributed by atoms with van der Waals surface area (Å²) in [5, 5.41) is 6.72. The van der Waals surface area contributed by atoms with Crippen molar-refractivity contribution < 1.29 is 14.3 Å². The molecule has 1 fully saturated rings. The molecule has 2 aromatic rings. The number of carbonyl (C=O) groups is 1. The van der Waals surface area contributed by atoms with Crippen LogP contribution in [-0.4, -0.2) is 42.3 Å². The van der Waals surface area contributed by atoms with Crippen LogP contribution in [0.25, 0.3) is 0 Å². The lowest BCUT2D eigenvalue weighted by molar-refractivity contribution is 0.0601. The maximum absolute atomic E-state index is 11.6. The molecule has 0 saturated carbocycles.